The standard InChI is InChI=1S/C17H26N2O3/c20-16-11-15(12-18-7-9-22-10-8-18)19(13-17(16)21)14-5-3-1-2-4-6-14/h11,13-14,21H,1-10,12H2. The second-order valence-electron chi connectivity index (χ2n) is 6.46. The Morgan fingerprint density at radius 1 is 1.14 bits per heavy atom. The summed E-state index contributed by atoms with van der Waals surface area (Å²) in [5, 5.41) is 9.86. The second-order valence-corrected chi connectivity index (χ2v) is 6.46. The number of ether oxygens (including phenoxy) is 1. The largest absolute Gasteiger partial charge is 0.503 e. The highest BCUT2D eigenvalue weighted by Gasteiger charge is 2.19. The number of nitrogens with zero attached hydrogens (tertiary/aromatic N) is 2. The summed E-state index contributed by atoms with van der Waals surface area (Å²) in [7, 11) is 0. The van der Waals surface area contributed by atoms with Gasteiger partial charge >= 0.3 is 0 Å². The first-order valence-electron chi connectivity index (χ1n) is 8.48. The summed E-state index contributed by atoms with van der Waals surface area (Å²) in [6.45, 7) is 4.08. The molecule has 122 valence electrons. The molecule has 0 amide bonds. The molecule has 1 aliphatic carbocycles. The van der Waals surface area contributed by atoms with Gasteiger partial charge in [-0.3, -0.25) is 9.69 Å². The monoisotopic (exact) mass is 306 g/mol. The first kappa shape index (κ1) is 15.6. The van der Waals surface area contributed by atoms with Gasteiger partial charge in [0.05, 0.1) is 19.4 Å². The van der Waals surface area contributed by atoms with Gasteiger partial charge in [0.1, 0.15) is 0 Å². The molecule has 5 nitrogen and oxygen atoms in total. The first-order valence-corrected chi connectivity index (χ1v) is 8.48. The minimum absolute atomic E-state index is 0.130. The lowest BCUT2D eigenvalue weighted by molar-refractivity contribution is 0.0328. The van der Waals surface area contributed by atoms with Crippen LogP contribution < -0.4 is 5.43 Å². The molecule has 1 saturated heterocycles. The molecular weight excluding hydrogens is 280 g/mol. The fraction of sp³-hybridized carbons (Fsp3) is 0.706. The zero-order chi connectivity index (χ0) is 15.4. The molecule has 1 saturated carbocycles. The van der Waals surface area contributed by atoms with Crippen LogP contribution >= 0.6 is 0 Å². The second kappa shape index (κ2) is 7.29. The van der Waals surface area contributed by atoms with Gasteiger partial charge in [-0.25, -0.2) is 0 Å². The number of pyridine rings is 1. The Labute approximate surface area is 131 Å². The van der Waals surface area contributed by atoms with Gasteiger partial charge in [-0.05, 0) is 12.8 Å². The van der Waals surface area contributed by atoms with Crippen molar-refractivity contribution in [2.75, 3.05) is 26.3 Å². The van der Waals surface area contributed by atoms with Crippen molar-refractivity contribution in [3.05, 3.63) is 28.2 Å². The van der Waals surface area contributed by atoms with Gasteiger partial charge in [-0.1, -0.05) is 25.7 Å². The van der Waals surface area contributed by atoms with E-state index < -0.39 is 0 Å². The SMILES string of the molecule is O=c1cc(CN2CCOCC2)n(C2CCCCCC2)cc1O. The molecule has 2 fully saturated rings. The Morgan fingerprint density at radius 2 is 1.82 bits per heavy atom. The Kier molecular flexibility index (Phi) is 5.16. The normalized spacial score (nSPS) is 21.6. The molecule has 1 aliphatic heterocycles. The zero-order valence-electron chi connectivity index (χ0n) is 13.2. The Morgan fingerprint density at radius 3 is 2.50 bits per heavy atom. The third kappa shape index (κ3) is 3.70. The average Bonchev–Trinajstić information content (AvgIpc) is 2.81. The van der Waals surface area contributed by atoms with Gasteiger partial charge < -0.3 is 14.4 Å². The molecule has 0 aromatic carbocycles. The minimum atomic E-state index is -0.270. The van der Waals surface area contributed by atoms with E-state index in [-0.39, 0.29) is 11.2 Å². The third-order valence-electron chi connectivity index (χ3n) is 4.85. The van der Waals surface area contributed by atoms with E-state index in [0.717, 1.165) is 51.4 Å². The van der Waals surface area contributed by atoms with Gasteiger partial charge in [0.15, 0.2) is 5.75 Å². The van der Waals surface area contributed by atoms with Crippen LogP contribution in [-0.2, 0) is 11.3 Å². The number of hydrogen-bond acceptors (Lipinski definition) is 4. The molecular formula is C17H26N2O3. The number of aromatic nitrogens is 1. The van der Waals surface area contributed by atoms with Gasteiger partial charge in [0, 0.05) is 37.4 Å². The van der Waals surface area contributed by atoms with Crippen LogP contribution in [0.4, 0.5) is 0 Å². The van der Waals surface area contributed by atoms with E-state index in [4.69, 9.17) is 4.74 Å². The lowest BCUT2D eigenvalue weighted by Gasteiger charge is -2.29. The van der Waals surface area contributed by atoms with Crippen molar-refractivity contribution in [1.29, 1.82) is 0 Å². The minimum Gasteiger partial charge on any atom is -0.503 e. The molecule has 2 aliphatic rings. The molecule has 0 spiro atoms. The van der Waals surface area contributed by atoms with Gasteiger partial charge in [0.25, 0.3) is 0 Å². The number of rotatable bonds is 3. The number of aromatic hydroxyl groups is 1. The molecule has 0 bridgehead atoms. The zero-order valence-corrected chi connectivity index (χ0v) is 13.2. The molecule has 1 aromatic heterocycles. The van der Waals surface area contributed by atoms with Crippen molar-refractivity contribution >= 4 is 0 Å². The van der Waals surface area contributed by atoms with E-state index in [1.54, 1.807) is 12.3 Å². The highest BCUT2D eigenvalue weighted by molar-refractivity contribution is 5.21. The molecule has 2 heterocycles. The topological polar surface area (TPSA) is 54.7 Å². The maximum atomic E-state index is 11.9. The van der Waals surface area contributed by atoms with Crippen LogP contribution in [0.2, 0.25) is 0 Å². The Hall–Kier alpha value is -1.33. The summed E-state index contributed by atoms with van der Waals surface area (Å²) in [4.78, 5) is 14.2. The lowest BCUT2D eigenvalue weighted by Crippen LogP contribution is -2.37. The van der Waals surface area contributed by atoms with Crippen LogP contribution in [0.5, 0.6) is 5.75 Å². The van der Waals surface area contributed by atoms with Gasteiger partial charge in [-0.2, -0.15) is 0 Å². The van der Waals surface area contributed by atoms with Crippen LogP contribution in [0, 0.1) is 0 Å². The van der Waals surface area contributed by atoms with Crippen molar-refractivity contribution in [2.45, 2.75) is 51.1 Å². The van der Waals surface area contributed by atoms with E-state index >= 15 is 0 Å². The summed E-state index contributed by atoms with van der Waals surface area (Å²) in [6.07, 6.45) is 8.98. The summed E-state index contributed by atoms with van der Waals surface area (Å²) < 4.78 is 7.56. The quantitative estimate of drug-likeness (QED) is 0.871. The maximum absolute atomic E-state index is 11.9. The number of morpholine rings is 1. The fourth-order valence-electron chi connectivity index (χ4n) is 3.57. The van der Waals surface area contributed by atoms with E-state index in [2.05, 4.69) is 9.47 Å². The predicted octanol–water partition coefficient (Wildman–Crippen LogP) is 2.28. The number of hydrogen-bond donors (Lipinski definition) is 1. The molecule has 0 unspecified atom stereocenters. The predicted molar refractivity (Wildman–Crippen MR) is 85.2 cm³/mol. The summed E-state index contributed by atoms with van der Waals surface area (Å²) >= 11 is 0. The molecule has 0 atom stereocenters. The summed E-state index contributed by atoms with van der Waals surface area (Å²) in [5.41, 5.74) is 0.754. The molecule has 22 heavy (non-hydrogen) atoms. The van der Waals surface area contributed by atoms with Crippen molar-refractivity contribution < 1.29 is 9.84 Å². The van der Waals surface area contributed by atoms with E-state index in [1.807, 2.05) is 0 Å². The van der Waals surface area contributed by atoms with Crippen molar-refractivity contribution in [1.82, 2.24) is 9.47 Å². The third-order valence-corrected chi connectivity index (χ3v) is 4.85. The molecule has 5 heteroatoms. The molecule has 1 aromatic rings. The van der Waals surface area contributed by atoms with Crippen molar-refractivity contribution in [3.63, 3.8) is 0 Å². The fourth-order valence-corrected chi connectivity index (χ4v) is 3.57. The van der Waals surface area contributed by atoms with E-state index in [1.165, 1.54) is 25.7 Å². The van der Waals surface area contributed by atoms with Crippen molar-refractivity contribution in [3.8, 4) is 5.75 Å². The van der Waals surface area contributed by atoms with Crippen LogP contribution in [0.25, 0.3) is 0 Å². The Balaban J connectivity index is 1.85. The van der Waals surface area contributed by atoms with Crippen LogP contribution in [0.1, 0.15) is 50.3 Å². The summed E-state index contributed by atoms with van der Waals surface area (Å²) in [5.74, 6) is -0.130. The molecule has 0 radical (unpaired) electrons. The van der Waals surface area contributed by atoms with Crippen molar-refractivity contribution in [2.24, 2.45) is 0 Å². The maximum Gasteiger partial charge on any atom is 0.223 e. The molecule has 1 N–H and O–H groups in total. The van der Waals surface area contributed by atoms with Crippen LogP contribution in [-0.4, -0.2) is 40.9 Å². The van der Waals surface area contributed by atoms with Crippen LogP contribution in [0.3, 0.4) is 0 Å². The highest BCUT2D eigenvalue weighted by Crippen LogP contribution is 2.29. The smallest absolute Gasteiger partial charge is 0.223 e. The van der Waals surface area contributed by atoms with E-state index in [0.29, 0.717) is 6.04 Å². The average molecular weight is 306 g/mol. The lowest BCUT2D eigenvalue weighted by atomic mass is 10.1. The molecule has 3 rings (SSSR count). The highest BCUT2D eigenvalue weighted by atomic mass is 16.5. The van der Waals surface area contributed by atoms with E-state index in [9.17, 15) is 9.90 Å². The Bertz CT molecular complexity index is 541. The van der Waals surface area contributed by atoms with Gasteiger partial charge in [-0.15, -0.1) is 0 Å². The first-order chi connectivity index (χ1) is 10.7. The van der Waals surface area contributed by atoms with Crippen LogP contribution in [0.15, 0.2) is 17.1 Å². The van der Waals surface area contributed by atoms with Gasteiger partial charge in [0.2, 0.25) is 5.43 Å². The summed E-state index contributed by atoms with van der Waals surface area (Å²) in [6, 6.07) is 2.03.